The molecule has 0 unspecified atom stereocenters. The van der Waals surface area contributed by atoms with E-state index in [0.717, 1.165) is 0 Å². The van der Waals surface area contributed by atoms with Gasteiger partial charge in [0.1, 0.15) is 0 Å². The van der Waals surface area contributed by atoms with E-state index in [4.69, 9.17) is 0 Å². The lowest BCUT2D eigenvalue weighted by atomic mass is 10.0. The Morgan fingerprint density at radius 3 is 2.85 bits per heavy atom. The predicted octanol–water partition coefficient (Wildman–Crippen LogP) is 4.02. The van der Waals surface area contributed by atoms with Crippen molar-refractivity contribution >= 4 is 44.1 Å². The van der Waals surface area contributed by atoms with E-state index in [9.17, 15) is 0 Å². The summed E-state index contributed by atoms with van der Waals surface area (Å²) < 4.78 is 2.63. The smallest absolute Gasteiger partial charge is 0.0857 e. The maximum atomic E-state index is 4.41. The van der Waals surface area contributed by atoms with Gasteiger partial charge in [0.2, 0.25) is 0 Å². The first-order valence-corrected chi connectivity index (χ1v) is 6.17. The fraction of sp³-hybridized carbons (Fsp3) is 0.300. The minimum absolute atomic E-state index is 0.557. The number of rotatable bonds is 1. The standard InChI is InChI=1S/C10H10INS/c1-6(2)7-3-4-8(11)10-9(7)12-5-13-10/h3-6H,1-2H3. The molecule has 13 heavy (non-hydrogen) atoms. The molecule has 1 aromatic heterocycles. The van der Waals surface area contributed by atoms with Crippen molar-refractivity contribution in [3.63, 3.8) is 0 Å². The topological polar surface area (TPSA) is 12.9 Å². The fourth-order valence-corrected chi connectivity index (χ4v) is 2.95. The van der Waals surface area contributed by atoms with Gasteiger partial charge in [0.15, 0.2) is 0 Å². The average Bonchev–Trinajstić information content (AvgIpc) is 2.53. The fourth-order valence-electron chi connectivity index (χ4n) is 1.40. The molecule has 0 N–H and O–H groups in total. The van der Waals surface area contributed by atoms with E-state index in [2.05, 4.69) is 53.6 Å². The van der Waals surface area contributed by atoms with Crippen molar-refractivity contribution in [2.24, 2.45) is 0 Å². The third-order valence-corrected chi connectivity index (χ3v) is 4.21. The highest BCUT2D eigenvalue weighted by molar-refractivity contribution is 14.1. The van der Waals surface area contributed by atoms with Crippen LogP contribution in [0, 0.1) is 3.57 Å². The third-order valence-electron chi connectivity index (χ3n) is 2.09. The molecule has 0 saturated carbocycles. The summed E-state index contributed by atoms with van der Waals surface area (Å²) in [6, 6.07) is 4.37. The third kappa shape index (κ3) is 1.59. The number of benzene rings is 1. The molecule has 1 nitrogen and oxygen atoms in total. The van der Waals surface area contributed by atoms with Crippen molar-refractivity contribution in [3.8, 4) is 0 Å². The maximum absolute atomic E-state index is 4.41. The normalized spacial score (nSPS) is 11.4. The van der Waals surface area contributed by atoms with Gasteiger partial charge < -0.3 is 0 Å². The van der Waals surface area contributed by atoms with Crippen LogP contribution in [0.15, 0.2) is 17.6 Å². The van der Waals surface area contributed by atoms with Gasteiger partial charge in [-0.1, -0.05) is 19.9 Å². The van der Waals surface area contributed by atoms with Crippen molar-refractivity contribution in [3.05, 3.63) is 26.8 Å². The highest BCUT2D eigenvalue weighted by atomic mass is 127. The summed E-state index contributed by atoms with van der Waals surface area (Å²) in [6.07, 6.45) is 0. The molecule has 0 aliphatic heterocycles. The van der Waals surface area contributed by atoms with E-state index >= 15 is 0 Å². The van der Waals surface area contributed by atoms with E-state index in [-0.39, 0.29) is 0 Å². The van der Waals surface area contributed by atoms with E-state index in [0.29, 0.717) is 5.92 Å². The van der Waals surface area contributed by atoms with Gasteiger partial charge in [-0.3, -0.25) is 0 Å². The van der Waals surface area contributed by atoms with Crippen LogP contribution in [-0.2, 0) is 0 Å². The zero-order chi connectivity index (χ0) is 9.42. The Labute approximate surface area is 95.3 Å². The van der Waals surface area contributed by atoms with Gasteiger partial charge in [-0.2, -0.15) is 0 Å². The molecule has 68 valence electrons. The van der Waals surface area contributed by atoms with E-state index in [1.54, 1.807) is 11.3 Å². The summed E-state index contributed by atoms with van der Waals surface area (Å²) in [4.78, 5) is 4.41. The van der Waals surface area contributed by atoms with Gasteiger partial charge in [0.25, 0.3) is 0 Å². The minimum atomic E-state index is 0.557. The highest BCUT2D eigenvalue weighted by Crippen LogP contribution is 2.30. The molecule has 0 bridgehead atoms. The summed E-state index contributed by atoms with van der Waals surface area (Å²) in [5.41, 5.74) is 4.47. The molecule has 0 aliphatic carbocycles. The Bertz CT molecular complexity index is 433. The molecule has 0 spiro atoms. The molecular formula is C10H10INS. The van der Waals surface area contributed by atoms with Gasteiger partial charge in [-0.05, 0) is 40.1 Å². The van der Waals surface area contributed by atoms with Crippen LogP contribution in [0.1, 0.15) is 25.3 Å². The molecule has 2 rings (SSSR count). The number of fused-ring (bicyclic) bond motifs is 1. The second kappa shape index (κ2) is 3.53. The molecule has 0 amide bonds. The lowest BCUT2D eigenvalue weighted by Gasteiger charge is -2.06. The largest absolute Gasteiger partial charge is 0.244 e. The highest BCUT2D eigenvalue weighted by Gasteiger charge is 2.09. The summed E-state index contributed by atoms with van der Waals surface area (Å²) in [6.45, 7) is 4.42. The molecule has 2 aromatic rings. The molecule has 0 atom stereocenters. The van der Waals surface area contributed by atoms with Crippen LogP contribution in [0.3, 0.4) is 0 Å². The quantitative estimate of drug-likeness (QED) is 0.725. The molecule has 0 fully saturated rings. The minimum Gasteiger partial charge on any atom is -0.244 e. The first-order valence-electron chi connectivity index (χ1n) is 4.21. The average molecular weight is 303 g/mol. The van der Waals surface area contributed by atoms with Crippen LogP contribution >= 0.6 is 33.9 Å². The number of aromatic nitrogens is 1. The van der Waals surface area contributed by atoms with Gasteiger partial charge in [-0.15, -0.1) is 11.3 Å². The Morgan fingerprint density at radius 1 is 1.38 bits per heavy atom. The number of halogens is 1. The van der Waals surface area contributed by atoms with Gasteiger partial charge in [0, 0.05) is 3.57 Å². The summed E-state index contributed by atoms with van der Waals surface area (Å²) in [5, 5.41) is 0. The Kier molecular flexibility index (Phi) is 2.55. The lowest BCUT2D eigenvalue weighted by Crippen LogP contribution is -1.89. The van der Waals surface area contributed by atoms with Crippen LogP contribution in [-0.4, -0.2) is 4.98 Å². The number of hydrogen-bond acceptors (Lipinski definition) is 2. The molecular weight excluding hydrogens is 293 g/mol. The number of nitrogens with zero attached hydrogens (tertiary/aromatic N) is 1. The SMILES string of the molecule is CC(C)c1ccc(I)c2scnc12. The summed E-state index contributed by atoms with van der Waals surface area (Å²) in [7, 11) is 0. The Hall–Kier alpha value is -0.160. The van der Waals surface area contributed by atoms with Gasteiger partial charge in [0.05, 0.1) is 15.7 Å². The van der Waals surface area contributed by atoms with Crippen molar-refractivity contribution in [1.29, 1.82) is 0 Å². The molecule has 0 radical (unpaired) electrons. The first-order chi connectivity index (χ1) is 6.20. The van der Waals surface area contributed by atoms with E-state index in [1.165, 1.54) is 19.4 Å². The van der Waals surface area contributed by atoms with Crippen LogP contribution in [0.2, 0.25) is 0 Å². The summed E-state index contributed by atoms with van der Waals surface area (Å²) >= 11 is 4.09. The second-order valence-electron chi connectivity index (χ2n) is 3.32. The molecule has 0 saturated heterocycles. The van der Waals surface area contributed by atoms with Crippen molar-refractivity contribution in [1.82, 2.24) is 4.98 Å². The molecule has 0 aliphatic rings. The Morgan fingerprint density at radius 2 is 2.15 bits per heavy atom. The molecule has 3 heteroatoms. The number of hydrogen-bond donors (Lipinski definition) is 0. The van der Waals surface area contributed by atoms with Crippen molar-refractivity contribution in [2.45, 2.75) is 19.8 Å². The van der Waals surface area contributed by atoms with E-state index in [1.807, 2.05) is 5.51 Å². The van der Waals surface area contributed by atoms with Crippen LogP contribution in [0.4, 0.5) is 0 Å². The number of thiazole rings is 1. The lowest BCUT2D eigenvalue weighted by molar-refractivity contribution is 0.873. The van der Waals surface area contributed by atoms with Crippen molar-refractivity contribution < 1.29 is 0 Å². The van der Waals surface area contributed by atoms with Crippen LogP contribution in [0.25, 0.3) is 10.2 Å². The summed E-state index contributed by atoms with van der Waals surface area (Å²) in [5.74, 6) is 0.557. The second-order valence-corrected chi connectivity index (χ2v) is 5.34. The molecule has 1 aromatic carbocycles. The monoisotopic (exact) mass is 303 g/mol. The molecule has 1 heterocycles. The first kappa shape index (κ1) is 9.40. The van der Waals surface area contributed by atoms with Crippen LogP contribution in [0.5, 0.6) is 0 Å². The van der Waals surface area contributed by atoms with E-state index < -0.39 is 0 Å². The van der Waals surface area contributed by atoms with Crippen molar-refractivity contribution in [2.75, 3.05) is 0 Å². The maximum Gasteiger partial charge on any atom is 0.0857 e. The predicted molar refractivity (Wildman–Crippen MR) is 66.4 cm³/mol. The van der Waals surface area contributed by atoms with Crippen LogP contribution < -0.4 is 0 Å². The van der Waals surface area contributed by atoms with Gasteiger partial charge >= 0.3 is 0 Å². The van der Waals surface area contributed by atoms with Gasteiger partial charge in [-0.25, -0.2) is 4.98 Å². The zero-order valence-corrected chi connectivity index (χ0v) is 10.5. The Balaban J connectivity index is 2.78. The zero-order valence-electron chi connectivity index (χ0n) is 7.54.